The average molecular weight is 254 g/mol. The van der Waals surface area contributed by atoms with Crippen molar-refractivity contribution in [1.82, 2.24) is 9.36 Å². The highest BCUT2D eigenvalue weighted by Gasteiger charge is 2.13. The van der Waals surface area contributed by atoms with E-state index in [1.165, 1.54) is 35.7 Å². The fourth-order valence-corrected chi connectivity index (χ4v) is 2.72. The molecule has 2 rings (SSSR count). The van der Waals surface area contributed by atoms with Gasteiger partial charge in [0.2, 0.25) is 0 Å². The van der Waals surface area contributed by atoms with E-state index in [2.05, 4.69) is 9.36 Å². The van der Waals surface area contributed by atoms with Gasteiger partial charge in [-0.25, -0.2) is 9.37 Å². The average Bonchev–Trinajstić information content (AvgIpc) is 2.70. The second kappa shape index (κ2) is 4.58. The molecular weight excluding hydrogens is 247 g/mol. The molecule has 2 aromatic rings. The third-order valence-corrected chi connectivity index (χ3v) is 3.56. The largest absolute Gasteiger partial charge is 0.384 e. The van der Waals surface area contributed by atoms with Gasteiger partial charge in [0, 0.05) is 4.90 Å². The summed E-state index contributed by atoms with van der Waals surface area (Å²) >= 11 is 2.46. The van der Waals surface area contributed by atoms with Crippen LogP contribution in [0.15, 0.2) is 33.8 Å². The van der Waals surface area contributed by atoms with E-state index in [0.717, 1.165) is 0 Å². The second-order valence-corrected chi connectivity index (χ2v) is 4.91. The Morgan fingerprint density at radius 1 is 1.50 bits per heavy atom. The van der Waals surface area contributed by atoms with Crippen molar-refractivity contribution >= 4 is 29.1 Å². The lowest BCUT2D eigenvalue weighted by Crippen LogP contribution is -2.14. The van der Waals surface area contributed by atoms with Crippen LogP contribution in [0.25, 0.3) is 0 Å². The molecule has 0 fully saturated rings. The molecule has 0 saturated heterocycles. The number of nitrogen functional groups attached to an aromatic ring is 1. The van der Waals surface area contributed by atoms with Crippen molar-refractivity contribution in [3.8, 4) is 0 Å². The minimum absolute atomic E-state index is 0.114. The van der Waals surface area contributed by atoms with E-state index >= 15 is 0 Å². The van der Waals surface area contributed by atoms with Crippen LogP contribution in [0.5, 0.6) is 0 Å². The van der Waals surface area contributed by atoms with Crippen molar-refractivity contribution in [2.75, 3.05) is 0 Å². The topological polar surface area (TPSA) is 75.7 Å². The normalized spacial score (nSPS) is 10.3. The van der Waals surface area contributed by atoms with Gasteiger partial charge in [-0.05, 0) is 23.7 Å². The van der Waals surface area contributed by atoms with Gasteiger partial charge in [0.25, 0.3) is 0 Å². The highest BCUT2D eigenvalue weighted by molar-refractivity contribution is 8.01. The zero-order valence-corrected chi connectivity index (χ0v) is 9.61. The second-order valence-electron chi connectivity index (χ2n) is 2.84. The summed E-state index contributed by atoms with van der Waals surface area (Å²) in [4.78, 5) is 4.55. The smallest absolute Gasteiger partial charge is 0.174 e. The van der Waals surface area contributed by atoms with E-state index in [4.69, 9.17) is 11.1 Å². The molecule has 0 saturated carbocycles. The molecule has 0 radical (unpaired) electrons. The highest BCUT2D eigenvalue weighted by atomic mass is 32.2. The van der Waals surface area contributed by atoms with Crippen LogP contribution < -0.4 is 5.73 Å². The quantitative estimate of drug-likeness (QED) is 0.649. The lowest BCUT2D eigenvalue weighted by molar-refractivity contribution is 0.621. The lowest BCUT2D eigenvalue weighted by atomic mass is 10.2. The van der Waals surface area contributed by atoms with Gasteiger partial charge in [-0.1, -0.05) is 17.8 Å². The summed E-state index contributed by atoms with van der Waals surface area (Å²) < 4.78 is 18.0. The van der Waals surface area contributed by atoms with Crippen molar-refractivity contribution in [2.24, 2.45) is 5.73 Å². The first-order valence-corrected chi connectivity index (χ1v) is 5.85. The number of nitrogens with two attached hydrogens (primary N) is 1. The highest BCUT2D eigenvalue weighted by Crippen LogP contribution is 2.31. The van der Waals surface area contributed by atoms with E-state index in [1.807, 2.05) is 0 Å². The van der Waals surface area contributed by atoms with Crippen LogP contribution in [0, 0.1) is 11.2 Å². The Bertz CT molecular complexity index is 512. The summed E-state index contributed by atoms with van der Waals surface area (Å²) in [5.41, 5.74) is 5.46. The molecular formula is C9H7FN4S2. The third-order valence-electron chi connectivity index (χ3n) is 1.78. The van der Waals surface area contributed by atoms with Crippen molar-refractivity contribution in [2.45, 2.75) is 9.24 Å². The molecule has 1 aromatic heterocycles. The zero-order valence-electron chi connectivity index (χ0n) is 7.98. The van der Waals surface area contributed by atoms with Gasteiger partial charge in [-0.15, -0.1) is 0 Å². The molecule has 4 nitrogen and oxygen atoms in total. The Kier molecular flexibility index (Phi) is 3.16. The number of hydrogen-bond acceptors (Lipinski definition) is 5. The van der Waals surface area contributed by atoms with Crippen LogP contribution in [-0.2, 0) is 0 Å². The molecule has 82 valence electrons. The molecule has 0 amide bonds. The summed E-state index contributed by atoms with van der Waals surface area (Å²) in [6.07, 6.45) is 1.43. The lowest BCUT2D eigenvalue weighted by Gasteiger charge is -2.06. The summed E-state index contributed by atoms with van der Waals surface area (Å²) in [6.45, 7) is 0. The SMILES string of the molecule is N=C(N)c1c(F)cccc1Sc1ncns1. The summed E-state index contributed by atoms with van der Waals surface area (Å²) in [5.74, 6) is -0.785. The first-order chi connectivity index (χ1) is 7.68. The van der Waals surface area contributed by atoms with Gasteiger partial charge >= 0.3 is 0 Å². The molecule has 16 heavy (non-hydrogen) atoms. The molecule has 0 spiro atoms. The van der Waals surface area contributed by atoms with Crippen LogP contribution in [0.4, 0.5) is 4.39 Å². The number of aromatic nitrogens is 2. The number of rotatable bonds is 3. The first kappa shape index (κ1) is 11.0. The molecule has 1 aromatic carbocycles. The Hall–Kier alpha value is -1.47. The Morgan fingerprint density at radius 2 is 2.31 bits per heavy atom. The van der Waals surface area contributed by atoms with Gasteiger partial charge in [0.15, 0.2) is 4.34 Å². The van der Waals surface area contributed by atoms with Crippen LogP contribution >= 0.6 is 23.3 Å². The van der Waals surface area contributed by atoms with Crippen LogP contribution in [0.2, 0.25) is 0 Å². The standard InChI is InChI=1S/C9H7FN4S2/c10-5-2-1-3-6(7(5)8(11)12)15-9-13-4-14-16-9/h1-4H,(H3,11,12). The maximum atomic E-state index is 13.5. The molecule has 0 bridgehead atoms. The van der Waals surface area contributed by atoms with Gasteiger partial charge in [-0.3, -0.25) is 5.41 Å². The number of nitrogens with one attached hydrogen (secondary N) is 1. The minimum atomic E-state index is -0.498. The fraction of sp³-hybridized carbons (Fsp3) is 0. The Morgan fingerprint density at radius 3 is 2.94 bits per heavy atom. The van der Waals surface area contributed by atoms with Crippen molar-refractivity contribution in [3.05, 3.63) is 35.9 Å². The summed E-state index contributed by atoms with van der Waals surface area (Å²) in [6, 6.07) is 4.55. The molecule has 0 unspecified atom stereocenters. The van der Waals surface area contributed by atoms with E-state index in [0.29, 0.717) is 9.24 Å². The molecule has 3 N–H and O–H groups in total. The monoisotopic (exact) mass is 254 g/mol. The minimum Gasteiger partial charge on any atom is -0.384 e. The number of hydrogen-bond donors (Lipinski definition) is 2. The summed E-state index contributed by atoms with van der Waals surface area (Å²) in [5, 5.41) is 7.34. The molecule has 0 aliphatic heterocycles. The maximum absolute atomic E-state index is 13.5. The summed E-state index contributed by atoms with van der Waals surface area (Å²) in [7, 11) is 0. The van der Waals surface area contributed by atoms with Crippen LogP contribution in [0.3, 0.4) is 0 Å². The van der Waals surface area contributed by atoms with Crippen LogP contribution in [-0.4, -0.2) is 15.2 Å². The van der Waals surface area contributed by atoms with E-state index < -0.39 is 5.82 Å². The van der Waals surface area contributed by atoms with Crippen molar-refractivity contribution < 1.29 is 4.39 Å². The van der Waals surface area contributed by atoms with Gasteiger partial charge < -0.3 is 5.73 Å². The fourth-order valence-electron chi connectivity index (χ4n) is 1.15. The number of halogens is 1. The number of benzene rings is 1. The Balaban J connectivity index is 2.40. The molecule has 7 heteroatoms. The predicted octanol–water partition coefficient (Wildman–Crippen LogP) is 2.11. The zero-order chi connectivity index (χ0) is 11.5. The van der Waals surface area contributed by atoms with Crippen molar-refractivity contribution in [3.63, 3.8) is 0 Å². The third kappa shape index (κ3) is 2.20. The van der Waals surface area contributed by atoms with Crippen molar-refractivity contribution in [1.29, 1.82) is 5.41 Å². The molecule has 1 heterocycles. The number of amidine groups is 1. The van der Waals surface area contributed by atoms with E-state index in [1.54, 1.807) is 12.1 Å². The van der Waals surface area contributed by atoms with E-state index in [-0.39, 0.29) is 11.4 Å². The first-order valence-electron chi connectivity index (χ1n) is 4.26. The van der Waals surface area contributed by atoms with Crippen LogP contribution in [0.1, 0.15) is 5.56 Å². The van der Waals surface area contributed by atoms with E-state index in [9.17, 15) is 4.39 Å². The molecule has 0 atom stereocenters. The predicted molar refractivity (Wildman–Crippen MR) is 61.4 cm³/mol. The molecule has 0 aliphatic rings. The van der Waals surface area contributed by atoms with Gasteiger partial charge in [-0.2, -0.15) is 4.37 Å². The van der Waals surface area contributed by atoms with Gasteiger partial charge in [0.05, 0.1) is 5.56 Å². The van der Waals surface area contributed by atoms with Gasteiger partial charge in [0.1, 0.15) is 18.0 Å². The Labute approximate surface area is 99.4 Å². The molecule has 0 aliphatic carbocycles. The maximum Gasteiger partial charge on any atom is 0.174 e. The number of nitrogens with zero attached hydrogens (tertiary/aromatic N) is 2.